The number of carboxylic acid groups (broad SMARTS) is 2. The summed E-state index contributed by atoms with van der Waals surface area (Å²) in [7, 11) is 0. The van der Waals surface area contributed by atoms with Crippen LogP contribution in [0.3, 0.4) is 0 Å². The molecule has 0 saturated carbocycles. The van der Waals surface area contributed by atoms with Gasteiger partial charge in [-0.3, -0.25) is 14.4 Å². The summed E-state index contributed by atoms with van der Waals surface area (Å²) in [5, 5.41) is 16.3. The van der Waals surface area contributed by atoms with Crippen LogP contribution >= 0.6 is 0 Å². The Hall–Kier alpha value is -2.73. The van der Waals surface area contributed by atoms with Crippen LogP contribution in [0, 0.1) is 5.41 Å². The highest BCUT2D eigenvalue weighted by molar-refractivity contribution is 5.74. The van der Waals surface area contributed by atoms with E-state index < -0.39 is 18.0 Å². The smallest absolute Gasteiger partial charge is 0.320 e. The van der Waals surface area contributed by atoms with Crippen molar-refractivity contribution >= 4 is 18.2 Å². The number of carbonyl (C=O) groups is 3. The summed E-state index contributed by atoms with van der Waals surface area (Å²) < 4.78 is 0. The molecule has 1 aliphatic carbocycles. The van der Waals surface area contributed by atoms with Crippen LogP contribution < -0.4 is 5.73 Å². The quantitative estimate of drug-likeness (QED) is 0.269. The van der Waals surface area contributed by atoms with Gasteiger partial charge in [0.05, 0.1) is 0 Å². The molecular weight excluding hydrogens is 394 g/mol. The molecule has 0 saturated heterocycles. The summed E-state index contributed by atoms with van der Waals surface area (Å²) in [4.78, 5) is 30.2. The molecule has 1 unspecified atom stereocenters. The lowest BCUT2D eigenvalue weighted by Gasteiger charge is -2.32. The number of aliphatic carboxylic acids is 2. The van der Waals surface area contributed by atoms with Crippen LogP contribution in [0.25, 0.3) is 0 Å². The molecule has 6 nitrogen and oxygen atoms in total. The number of hydrogen-bond donors (Lipinski definition) is 3. The zero-order chi connectivity index (χ0) is 24.0. The first-order valence-corrected chi connectivity index (χ1v) is 10.5. The number of nitrogens with two attached hydrogens (primary N) is 1. The summed E-state index contributed by atoms with van der Waals surface area (Å²) in [6.07, 6.45) is 16.4. The molecule has 0 amide bonds. The Morgan fingerprint density at radius 3 is 2.26 bits per heavy atom. The predicted molar refractivity (Wildman–Crippen MR) is 125 cm³/mol. The Morgan fingerprint density at radius 1 is 1.13 bits per heavy atom. The van der Waals surface area contributed by atoms with Crippen molar-refractivity contribution in [2.24, 2.45) is 11.1 Å². The van der Waals surface area contributed by atoms with Crippen LogP contribution in [0.1, 0.15) is 66.7 Å². The molecule has 0 aliphatic heterocycles. The summed E-state index contributed by atoms with van der Waals surface area (Å²) in [5.74, 6) is -2.20. The minimum absolute atomic E-state index is 0.0231. The second kappa shape index (κ2) is 14.3. The maximum Gasteiger partial charge on any atom is 0.320 e. The maximum atomic E-state index is 10.3. The van der Waals surface area contributed by atoms with E-state index in [9.17, 15) is 14.4 Å². The van der Waals surface area contributed by atoms with Crippen molar-refractivity contribution in [2.45, 2.75) is 72.8 Å². The lowest BCUT2D eigenvalue weighted by atomic mass is 9.72. The monoisotopic (exact) mass is 431 g/mol. The minimum atomic E-state index is -1.17. The van der Waals surface area contributed by atoms with Gasteiger partial charge in [0.1, 0.15) is 12.3 Å². The van der Waals surface area contributed by atoms with Gasteiger partial charge in [-0.1, -0.05) is 55.4 Å². The van der Waals surface area contributed by atoms with Crippen LogP contribution in [-0.2, 0) is 14.4 Å². The second-order valence-electron chi connectivity index (χ2n) is 8.46. The third-order valence-corrected chi connectivity index (χ3v) is 5.09. The van der Waals surface area contributed by atoms with Gasteiger partial charge < -0.3 is 15.9 Å². The molecular formula is C25H37NO5. The van der Waals surface area contributed by atoms with Gasteiger partial charge in [-0.15, -0.1) is 0 Å². The lowest BCUT2D eigenvalue weighted by Crippen LogP contribution is -2.30. The average Bonchev–Trinajstić information content (AvgIpc) is 2.65. The number of allylic oxidation sites excluding steroid dienone is 10. The molecule has 1 aliphatic rings. The average molecular weight is 432 g/mol. The fourth-order valence-corrected chi connectivity index (χ4v) is 3.20. The zero-order valence-electron chi connectivity index (χ0n) is 19.4. The first-order valence-electron chi connectivity index (χ1n) is 10.5. The van der Waals surface area contributed by atoms with Crippen LogP contribution in [0.5, 0.6) is 0 Å². The molecule has 0 radical (unpaired) electrons. The molecule has 0 aromatic carbocycles. The van der Waals surface area contributed by atoms with Crippen LogP contribution in [0.15, 0.2) is 58.7 Å². The fourth-order valence-electron chi connectivity index (χ4n) is 3.20. The molecule has 0 aromatic rings. The van der Waals surface area contributed by atoms with Crippen molar-refractivity contribution in [3.8, 4) is 0 Å². The SMILES string of the molecule is CC1=C(/C=C/C(C)=C/C=C/C(C)=C/C=O)C(C)(C)CCC1.NC(CCC(=O)O)C(=O)O. The van der Waals surface area contributed by atoms with Gasteiger partial charge in [-0.05, 0) is 69.1 Å². The largest absolute Gasteiger partial charge is 0.481 e. The van der Waals surface area contributed by atoms with Crippen LogP contribution in [0.4, 0.5) is 0 Å². The van der Waals surface area contributed by atoms with E-state index in [1.807, 2.05) is 19.1 Å². The highest BCUT2D eigenvalue weighted by Gasteiger charge is 2.26. The first-order chi connectivity index (χ1) is 14.4. The molecule has 0 spiro atoms. The summed E-state index contributed by atoms with van der Waals surface area (Å²) in [5.41, 5.74) is 10.5. The first kappa shape index (κ1) is 28.3. The number of carboxylic acids is 2. The van der Waals surface area contributed by atoms with E-state index in [0.717, 1.165) is 11.9 Å². The second-order valence-corrected chi connectivity index (χ2v) is 8.46. The summed E-state index contributed by atoms with van der Waals surface area (Å²) in [6.45, 7) is 10.9. The highest BCUT2D eigenvalue weighted by Crippen LogP contribution is 2.40. The van der Waals surface area contributed by atoms with E-state index in [4.69, 9.17) is 15.9 Å². The molecule has 172 valence electrons. The van der Waals surface area contributed by atoms with E-state index in [1.54, 1.807) is 6.08 Å². The topological polar surface area (TPSA) is 118 Å². The van der Waals surface area contributed by atoms with Gasteiger partial charge >= 0.3 is 11.9 Å². The number of hydrogen-bond acceptors (Lipinski definition) is 4. The van der Waals surface area contributed by atoms with Crippen molar-refractivity contribution in [3.63, 3.8) is 0 Å². The summed E-state index contributed by atoms with van der Waals surface area (Å²) >= 11 is 0. The third kappa shape index (κ3) is 12.5. The van der Waals surface area contributed by atoms with Gasteiger partial charge in [-0.2, -0.15) is 0 Å². The van der Waals surface area contributed by atoms with Crippen LogP contribution in [-0.4, -0.2) is 34.5 Å². The van der Waals surface area contributed by atoms with E-state index in [1.165, 1.54) is 36.0 Å². The Kier molecular flexibility index (Phi) is 13.0. The number of carbonyl (C=O) groups excluding carboxylic acids is 1. The Labute approximate surface area is 185 Å². The van der Waals surface area contributed by atoms with Crippen molar-refractivity contribution in [3.05, 3.63) is 58.7 Å². The fraction of sp³-hybridized carbons (Fsp3) is 0.480. The molecule has 31 heavy (non-hydrogen) atoms. The molecule has 0 fully saturated rings. The van der Waals surface area contributed by atoms with Gasteiger partial charge in [0.2, 0.25) is 0 Å². The zero-order valence-corrected chi connectivity index (χ0v) is 19.4. The predicted octanol–water partition coefficient (Wildman–Crippen LogP) is 4.98. The molecule has 6 heteroatoms. The highest BCUT2D eigenvalue weighted by atomic mass is 16.4. The van der Waals surface area contributed by atoms with E-state index in [2.05, 4.69) is 45.9 Å². The number of rotatable bonds is 9. The number of aldehydes is 1. The van der Waals surface area contributed by atoms with Gasteiger partial charge in [0, 0.05) is 6.42 Å². The molecule has 1 atom stereocenters. The maximum absolute atomic E-state index is 10.3. The van der Waals surface area contributed by atoms with Crippen LogP contribution in [0.2, 0.25) is 0 Å². The third-order valence-electron chi connectivity index (χ3n) is 5.09. The Balaban J connectivity index is 0.000000759. The minimum Gasteiger partial charge on any atom is -0.481 e. The van der Waals surface area contributed by atoms with Gasteiger partial charge in [0.15, 0.2) is 0 Å². The molecule has 0 aromatic heterocycles. The van der Waals surface area contributed by atoms with Crippen molar-refractivity contribution in [1.82, 2.24) is 0 Å². The van der Waals surface area contributed by atoms with Crippen molar-refractivity contribution < 1.29 is 24.6 Å². The Bertz CT molecular complexity index is 782. The van der Waals surface area contributed by atoms with Crippen molar-refractivity contribution in [1.29, 1.82) is 0 Å². The molecule has 4 N–H and O–H groups in total. The van der Waals surface area contributed by atoms with Crippen molar-refractivity contribution in [2.75, 3.05) is 0 Å². The summed E-state index contributed by atoms with van der Waals surface area (Å²) in [6, 6.07) is -1.06. The molecule has 0 heterocycles. The normalized spacial score (nSPS) is 18.0. The van der Waals surface area contributed by atoms with Gasteiger partial charge in [-0.25, -0.2) is 0 Å². The van der Waals surface area contributed by atoms with E-state index in [-0.39, 0.29) is 18.3 Å². The molecule has 0 bridgehead atoms. The van der Waals surface area contributed by atoms with E-state index in [0.29, 0.717) is 0 Å². The Morgan fingerprint density at radius 2 is 1.74 bits per heavy atom. The standard InChI is InChI=1S/C20H28O.C5H9NO4/c1-16(8-6-9-17(2)13-15-21)11-12-19-18(3)10-7-14-20(19,4)5;6-3(5(9)10)1-2-4(7)8/h6,8-9,11-13,15H,7,10,14H2,1-5H3;3H,1-2,6H2,(H,7,8)(H,9,10)/b9-6+,12-11+,16-8+,17-13+;. The molecule has 1 rings (SSSR count). The van der Waals surface area contributed by atoms with E-state index >= 15 is 0 Å². The lowest BCUT2D eigenvalue weighted by molar-refractivity contribution is -0.139. The van der Waals surface area contributed by atoms with Gasteiger partial charge in [0.25, 0.3) is 0 Å².